The molecule has 0 bridgehead atoms. The van der Waals surface area contributed by atoms with Crippen molar-refractivity contribution in [3.05, 3.63) is 29.6 Å². The fourth-order valence-electron chi connectivity index (χ4n) is 1.91. The summed E-state index contributed by atoms with van der Waals surface area (Å²) in [6, 6.07) is 3.48. The van der Waals surface area contributed by atoms with Crippen molar-refractivity contribution in [3.8, 4) is 0 Å². The van der Waals surface area contributed by atoms with Crippen LogP contribution in [-0.4, -0.2) is 23.5 Å². The Morgan fingerprint density at radius 2 is 2.12 bits per heavy atom. The van der Waals surface area contributed by atoms with Gasteiger partial charge in [0.05, 0.1) is 11.3 Å². The smallest absolute Gasteiger partial charge is 0.335 e. The van der Waals surface area contributed by atoms with Crippen LogP contribution in [0.1, 0.15) is 29.6 Å². The maximum Gasteiger partial charge on any atom is 0.335 e. The Kier molecular flexibility index (Phi) is 3.08. The lowest BCUT2D eigenvalue weighted by Gasteiger charge is -2.27. The minimum absolute atomic E-state index is 0.0141. The Bertz CT molecular complexity index is 473. The number of halogens is 1. The second-order valence-corrected chi connectivity index (χ2v) is 3.97. The third-order valence-electron chi connectivity index (χ3n) is 2.81. The van der Waals surface area contributed by atoms with E-state index in [0.29, 0.717) is 13.0 Å². The molecule has 1 heterocycles. The molecule has 0 spiro atoms. The van der Waals surface area contributed by atoms with Crippen LogP contribution in [-0.2, 0) is 4.79 Å². The Hall–Kier alpha value is -1.91. The quantitative estimate of drug-likeness (QED) is 0.856. The van der Waals surface area contributed by atoms with Crippen molar-refractivity contribution in [1.82, 2.24) is 0 Å². The van der Waals surface area contributed by atoms with E-state index < -0.39 is 11.8 Å². The Balaban J connectivity index is 2.39. The highest BCUT2D eigenvalue weighted by Gasteiger charge is 2.23. The first-order valence-corrected chi connectivity index (χ1v) is 5.43. The van der Waals surface area contributed by atoms with E-state index in [2.05, 4.69) is 0 Å². The summed E-state index contributed by atoms with van der Waals surface area (Å²) in [6.45, 7) is 0.443. The molecule has 1 N–H and O–H groups in total. The number of rotatable bonds is 2. The number of benzene rings is 1. The molecular weight excluding hydrogens is 225 g/mol. The number of hydrogen-bond donors (Lipinski definition) is 1. The van der Waals surface area contributed by atoms with E-state index in [1.807, 2.05) is 0 Å². The van der Waals surface area contributed by atoms with Gasteiger partial charge in [0.1, 0.15) is 5.82 Å². The van der Waals surface area contributed by atoms with Gasteiger partial charge in [0.25, 0.3) is 0 Å². The molecule has 1 aromatic rings. The zero-order chi connectivity index (χ0) is 12.4. The Morgan fingerprint density at radius 1 is 1.35 bits per heavy atom. The number of carboxylic acids is 1. The lowest BCUT2D eigenvalue weighted by molar-refractivity contribution is -0.119. The number of anilines is 1. The molecule has 90 valence electrons. The van der Waals surface area contributed by atoms with Crippen LogP contribution in [0, 0.1) is 5.82 Å². The molecule has 1 aromatic carbocycles. The lowest BCUT2D eigenvalue weighted by Crippen LogP contribution is -2.35. The topological polar surface area (TPSA) is 57.6 Å². The highest BCUT2D eigenvalue weighted by atomic mass is 19.1. The summed E-state index contributed by atoms with van der Waals surface area (Å²) in [4.78, 5) is 23.8. The average Bonchev–Trinajstić information content (AvgIpc) is 2.30. The third-order valence-corrected chi connectivity index (χ3v) is 2.81. The molecular formula is C12H12FNO3. The highest BCUT2D eigenvalue weighted by molar-refractivity contribution is 5.96. The highest BCUT2D eigenvalue weighted by Crippen LogP contribution is 2.25. The number of piperidine rings is 1. The second-order valence-electron chi connectivity index (χ2n) is 3.97. The van der Waals surface area contributed by atoms with Crippen LogP contribution < -0.4 is 4.90 Å². The predicted octanol–water partition coefficient (Wildman–Crippen LogP) is 2.04. The predicted molar refractivity (Wildman–Crippen MR) is 59.6 cm³/mol. The molecule has 1 aliphatic heterocycles. The van der Waals surface area contributed by atoms with E-state index in [-0.39, 0.29) is 17.2 Å². The van der Waals surface area contributed by atoms with Gasteiger partial charge in [-0.1, -0.05) is 0 Å². The van der Waals surface area contributed by atoms with E-state index in [0.717, 1.165) is 18.9 Å². The molecule has 0 atom stereocenters. The van der Waals surface area contributed by atoms with Crippen molar-refractivity contribution >= 4 is 17.6 Å². The fraction of sp³-hybridized carbons (Fsp3) is 0.333. The maximum atomic E-state index is 13.6. The maximum absolute atomic E-state index is 13.6. The van der Waals surface area contributed by atoms with E-state index in [4.69, 9.17) is 5.11 Å². The summed E-state index contributed by atoms with van der Waals surface area (Å²) in [5.41, 5.74) is 0.0503. The monoisotopic (exact) mass is 237 g/mol. The fourth-order valence-corrected chi connectivity index (χ4v) is 1.91. The minimum atomic E-state index is -1.13. The van der Waals surface area contributed by atoms with Gasteiger partial charge in [-0.2, -0.15) is 0 Å². The molecule has 0 aromatic heterocycles. The molecule has 0 radical (unpaired) electrons. The molecule has 2 rings (SSSR count). The summed E-state index contributed by atoms with van der Waals surface area (Å²) in [7, 11) is 0. The molecule has 1 saturated heterocycles. The number of nitrogens with zero attached hydrogens (tertiary/aromatic N) is 1. The Morgan fingerprint density at radius 3 is 2.76 bits per heavy atom. The minimum Gasteiger partial charge on any atom is -0.478 e. The van der Waals surface area contributed by atoms with Gasteiger partial charge < -0.3 is 10.0 Å². The van der Waals surface area contributed by atoms with Gasteiger partial charge >= 0.3 is 5.97 Å². The number of carboxylic acid groups (broad SMARTS) is 1. The summed E-state index contributed by atoms with van der Waals surface area (Å²) >= 11 is 0. The van der Waals surface area contributed by atoms with Crippen LogP contribution in [0.5, 0.6) is 0 Å². The van der Waals surface area contributed by atoms with E-state index in [9.17, 15) is 14.0 Å². The summed E-state index contributed by atoms with van der Waals surface area (Å²) in [5.74, 6) is -1.85. The van der Waals surface area contributed by atoms with Gasteiger partial charge in [0, 0.05) is 13.0 Å². The molecule has 1 amide bonds. The first-order chi connectivity index (χ1) is 8.09. The lowest BCUT2D eigenvalue weighted by atomic mass is 10.1. The van der Waals surface area contributed by atoms with Crippen molar-refractivity contribution in [2.24, 2.45) is 0 Å². The molecule has 4 nitrogen and oxygen atoms in total. The molecule has 5 heteroatoms. The van der Waals surface area contributed by atoms with Gasteiger partial charge in [0.2, 0.25) is 5.91 Å². The largest absolute Gasteiger partial charge is 0.478 e. The molecule has 0 unspecified atom stereocenters. The van der Waals surface area contributed by atoms with Crippen LogP contribution in [0.2, 0.25) is 0 Å². The first kappa shape index (κ1) is 11.6. The number of carbonyl (C=O) groups is 2. The van der Waals surface area contributed by atoms with Crippen LogP contribution in [0.3, 0.4) is 0 Å². The SMILES string of the molecule is O=C(O)c1ccc(F)c(N2CCCCC2=O)c1. The summed E-state index contributed by atoms with van der Waals surface area (Å²) in [6.07, 6.45) is 1.99. The molecule has 0 saturated carbocycles. The Labute approximate surface area is 97.7 Å². The number of carbonyl (C=O) groups excluding carboxylic acids is 1. The number of aromatic carboxylic acids is 1. The second kappa shape index (κ2) is 4.53. The van der Waals surface area contributed by atoms with Crippen molar-refractivity contribution in [2.75, 3.05) is 11.4 Å². The van der Waals surface area contributed by atoms with Gasteiger partial charge in [-0.25, -0.2) is 9.18 Å². The number of amides is 1. The molecule has 0 aliphatic carbocycles. The van der Waals surface area contributed by atoms with Gasteiger partial charge in [-0.3, -0.25) is 4.79 Å². The third kappa shape index (κ3) is 2.27. The normalized spacial score (nSPS) is 16.1. The van der Waals surface area contributed by atoms with Crippen LogP contribution in [0.25, 0.3) is 0 Å². The first-order valence-electron chi connectivity index (χ1n) is 5.43. The van der Waals surface area contributed by atoms with Gasteiger partial charge in [-0.15, -0.1) is 0 Å². The van der Waals surface area contributed by atoms with Crippen molar-refractivity contribution in [3.63, 3.8) is 0 Å². The average molecular weight is 237 g/mol. The van der Waals surface area contributed by atoms with E-state index in [1.165, 1.54) is 17.0 Å². The van der Waals surface area contributed by atoms with Gasteiger partial charge in [-0.05, 0) is 31.0 Å². The van der Waals surface area contributed by atoms with E-state index >= 15 is 0 Å². The molecule has 1 fully saturated rings. The van der Waals surface area contributed by atoms with Crippen LogP contribution in [0.4, 0.5) is 10.1 Å². The molecule has 1 aliphatic rings. The summed E-state index contributed by atoms with van der Waals surface area (Å²) < 4.78 is 13.6. The van der Waals surface area contributed by atoms with E-state index in [1.54, 1.807) is 0 Å². The van der Waals surface area contributed by atoms with Crippen molar-refractivity contribution in [2.45, 2.75) is 19.3 Å². The van der Waals surface area contributed by atoms with Crippen molar-refractivity contribution in [1.29, 1.82) is 0 Å². The van der Waals surface area contributed by atoms with Crippen LogP contribution in [0.15, 0.2) is 18.2 Å². The van der Waals surface area contributed by atoms with Gasteiger partial charge in [0.15, 0.2) is 0 Å². The summed E-state index contributed by atoms with van der Waals surface area (Å²) in [5, 5.41) is 8.84. The van der Waals surface area contributed by atoms with Crippen molar-refractivity contribution < 1.29 is 19.1 Å². The molecule has 17 heavy (non-hydrogen) atoms. The standard InChI is InChI=1S/C12H12FNO3/c13-9-5-4-8(12(16)17)7-10(9)14-6-2-1-3-11(14)15/h4-5,7H,1-3,6H2,(H,16,17). The zero-order valence-electron chi connectivity index (χ0n) is 9.15. The van der Waals surface area contributed by atoms with Crippen LogP contribution >= 0.6 is 0 Å². The zero-order valence-corrected chi connectivity index (χ0v) is 9.15. The number of hydrogen-bond acceptors (Lipinski definition) is 2.